The van der Waals surface area contributed by atoms with E-state index in [2.05, 4.69) is 22.2 Å². The molecule has 0 bridgehead atoms. The summed E-state index contributed by atoms with van der Waals surface area (Å²) in [6.45, 7) is 1.97. The van der Waals surface area contributed by atoms with Crippen LogP contribution < -0.4 is 4.90 Å². The number of anilines is 1. The van der Waals surface area contributed by atoms with Gasteiger partial charge in [-0.25, -0.2) is 9.97 Å². The molecule has 18 heavy (non-hydrogen) atoms. The predicted molar refractivity (Wildman–Crippen MR) is 74.2 cm³/mol. The highest BCUT2D eigenvalue weighted by atomic mass is 35.5. The minimum absolute atomic E-state index is 0.758. The van der Waals surface area contributed by atoms with Crippen LogP contribution in [0.4, 0.5) is 5.69 Å². The maximum Gasteiger partial charge on any atom is 0.116 e. The Hall–Kier alpha value is -1.61. The standard InChI is InChI=1S/C14H15ClN3/c1-10-12(8-16-9-17-10)6-11-4-5-13(15)14(7-11)18(2)3/h4-5,7,9H,6H2,1-3H3. The molecule has 0 fully saturated rings. The second kappa shape index (κ2) is 5.36. The van der Waals surface area contributed by atoms with Crippen LogP contribution in [-0.4, -0.2) is 24.1 Å². The van der Waals surface area contributed by atoms with Crippen LogP contribution in [0.25, 0.3) is 0 Å². The summed E-state index contributed by atoms with van der Waals surface area (Å²) < 4.78 is 0. The Morgan fingerprint density at radius 2 is 2.11 bits per heavy atom. The van der Waals surface area contributed by atoms with Gasteiger partial charge in [-0.1, -0.05) is 17.7 Å². The number of aryl methyl sites for hydroxylation is 1. The van der Waals surface area contributed by atoms with Gasteiger partial charge >= 0.3 is 0 Å². The van der Waals surface area contributed by atoms with Crippen molar-refractivity contribution >= 4 is 17.3 Å². The third-order valence-electron chi connectivity index (χ3n) is 2.82. The van der Waals surface area contributed by atoms with Gasteiger partial charge in [-0.15, -0.1) is 0 Å². The van der Waals surface area contributed by atoms with E-state index in [4.69, 9.17) is 11.6 Å². The zero-order chi connectivity index (χ0) is 13.1. The SMILES string of the molecule is Cc1ncn[c]c1Cc1ccc(Cl)c(N(C)C)c1. The van der Waals surface area contributed by atoms with Crippen molar-refractivity contribution in [3.05, 3.63) is 52.6 Å². The molecule has 0 unspecified atom stereocenters. The zero-order valence-corrected chi connectivity index (χ0v) is 11.5. The highest BCUT2D eigenvalue weighted by molar-refractivity contribution is 6.33. The van der Waals surface area contributed by atoms with Crippen LogP contribution in [0.5, 0.6) is 0 Å². The highest BCUT2D eigenvalue weighted by Crippen LogP contribution is 2.26. The lowest BCUT2D eigenvalue weighted by molar-refractivity contribution is 1.01. The zero-order valence-electron chi connectivity index (χ0n) is 10.7. The molecular formula is C14H15ClN3. The number of aromatic nitrogens is 2. The lowest BCUT2D eigenvalue weighted by Crippen LogP contribution is -2.09. The lowest BCUT2D eigenvalue weighted by Gasteiger charge is -2.15. The van der Waals surface area contributed by atoms with Gasteiger partial charge in [-0.3, -0.25) is 0 Å². The van der Waals surface area contributed by atoms with Crippen LogP contribution in [0.15, 0.2) is 24.5 Å². The quantitative estimate of drug-likeness (QED) is 0.850. The van der Waals surface area contributed by atoms with Crippen molar-refractivity contribution in [3.8, 4) is 0 Å². The molecule has 0 N–H and O–H groups in total. The smallest absolute Gasteiger partial charge is 0.116 e. The van der Waals surface area contributed by atoms with E-state index in [1.807, 2.05) is 38.1 Å². The summed E-state index contributed by atoms with van der Waals surface area (Å²) in [5.74, 6) is 0. The molecule has 0 aliphatic heterocycles. The maximum absolute atomic E-state index is 6.15. The van der Waals surface area contributed by atoms with Gasteiger partial charge in [-0.2, -0.15) is 0 Å². The molecule has 1 aromatic carbocycles. The summed E-state index contributed by atoms with van der Waals surface area (Å²) >= 11 is 6.15. The molecule has 0 aliphatic carbocycles. The minimum atomic E-state index is 0.758. The molecule has 0 saturated heterocycles. The number of nitrogens with zero attached hydrogens (tertiary/aromatic N) is 3. The van der Waals surface area contributed by atoms with Crippen molar-refractivity contribution in [3.63, 3.8) is 0 Å². The van der Waals surface area contributed by atoms with Crippen molar-refractivity contribution in [2.75, 3.05) is 19.0 Å². The van der Waals surface area contributed by atoms with E-state index in [1.54, 1.807) is 0 Å². The number of halogens is 1. The molecule has 1 aromatic heterocycles. The van der Waals surface area contributed by atoms with Crippen molar-refractivity contribution in [1.82, 2.24) is 9.97 Å². The fourth-order valence-corrected chi connectivity index (χ4v) is 2.05. The molecular weight excluding hydrogens is 246 g/mol. The van der Waals surface area contributed by atoms with Gasteiger partial charge in [-0.05, 0) is 24.6 Å². The Kier molecular flexibility index (Phi) is 3.82. The third kappa shape index (κ3) is 2.79. The first-order valence-corrected chi connectivity index (χ1v) is 6.09. The molecule has 2 rings (SSSR count). The highest BCUT2D eigenvalue weighted by Gasteiger charge is 2.06. The predicted octanol–water partition coefficient (Wildman–Crippen LogP) is 2.90. The third-order valence-corrected chi connectivity index (χ3v) is 3.14. The Labute approximate surface area is 112 Å². The normalized spacial score (nSPS) is 10.4. The van der Waals surface area contributed by atoms with Crippen LogP contribution in [0.1, 0.15) is 16.8 Å². The van der Waals surface area contributed by atoms with Gasteiger partial charge in [0.1, 0.15) is 6.33 Å². The number of hydrogen-bond acceptors (Lipinski definition) is 3. The Balaban J connectivity index is 2.30. The average Bonchev–Trinajstić information content (AvgIpc) is 2.34. The molecule has 0 spiro atoms. The van der Waals surface area contributed by atoms with Crippen LogP contribution >= 0.6 is 11.6 Å². The molecule has 1 heterocycles. The van der Waals surface area contributed by atoms with Crippen LogP contribution in [0.2, 0.25) is 5.02 Å². The molecule has 0 atom stereocenters. The maximum atomic E-state index is 6.15. The first-order chi connectivity index (χ1) is 8.58. The molecule has 0 amide bonds. The van der Waals surface area contributed by atoms with E-state index in [0.717, 1.165) is 28.4 Å². The summed E-state index contributed by atoms with van der Waals surface area (Å²) in [6.07, 6.45) is 5.28. The van der Waals surface area contributed by atoms with Gasteiger partial charge in [0.05, 0.1) is 16.9 Å². The molecule has 0 aliphatic rings. The Morgan fingerprint density at radius 1 is 1.33 bits per heavy atom. The van der Waals surface area contributed by atoms with Crippen molar-refractivity contribution in [2.45, 2.75) is 13.3 Å². The molecule has 0 saturated carbocycles. The molecule has 4 heteroatoms. The first kappa shape index (κ1) is 12.8. The van der Waals surface area contributed by atoms with Crippen LogP contribution in [0.3, 0.4) is 0 Å². The lowest BCUT2D eigenvalue weighted by atomic mass is 10.0. The van der Waals surface area contributed by atoms with Crippen molar-refractivity contribution < 1.29 is 0 Å². The molecule has 1 radical (unpaired) electrons. The van der Waals surface area contributed by atoms with E-state index in [0.29, 0.717) is 0 Å². The van der Waals surface area contributed by atoms with Crippen molar-refractivity contribution in [1.29, 1.82) is 0 Å². The summed E-state index contributed by atoms with van der Waals surface area (Å²) in [4.78, 5) is 10.1. The van der Waals surface area contributed by atoms with Crippen LogP contribution in [-0.2, 0) is 6.42 Å². The van der Waals surface area contributed by atoms with Crippen LogP contribution in [0, 0.1) is 13.1 Å². The number of benzene rings is 1. The van der Waals surface area contributed by atoms with Gasteiger partial charge in [0, 0.05) is 31.8 Å². The molecule has 3 nitrogen and oxygen atoms in total. The number of hydrogen-bond donors (Lipinski definition) is 0. The van der Waals surface area contributed by atoms with Gasteiger partial charge in [0.25, 0.3) is 0 Å². The Bertz CT molecular complexity index is 552. The largest absolute Gasteiger partial charge is 0.376 e. The minimum Gasteiger partial charge on any atom is -0.376 e. The fraction of sp³-hybridized carbons (Fsp3) is 0.286. The topological polar surface area (TPSA) is 29.0 Å². The van der Waals surface area contributed by atoms with E-state index >= 15 is 0 Å². The molecule has 2 aromatic rings. The average molecular weight is 261 g/mol. The second-order valence-corrected chi connectivity index (χ2v) is 4.81. The van der Waals surface area contributed by atoms with Gasteiger partial charge < -0.3 is 4.90 Å². The van der Waals surface area contributed by atoms with Crippen molar-refractivity contribution in [2.24, 2.45) is 0 Å². The summed E-state index contributed by atoms with van der Waals surface area (Å²) in [5.41, 5.74) is 4.18. The second-order valence-electron chi connectivity index (χ2n) is 4.41. The van der Waals surface area contributed by atoms with E-state index in [1.165, 1.54) is 11.9 Å². The number of rotatable bonds is 3. The fourth-order valence-electron chi connectivity index (χ4n) is 1.76. The van der Waals surface area contributed by atoms with E-state index in [9.17, 15) is 0 Å². The summed E-state index contributed by atoms with van der Waals surface area (Å²) in [7, 11) is 3.96. The van der Waals surface area contributed by atoms with E-state index < -0.39 is 0 Å². The van der Waals surface area contributed by atoms with E-state index in [-0.39, 0.29) is 0 Å². The van der Waals surface area contributed by atoms with Gasteiger partial charge in [0.15, 0.2) is 0 Å². The summed E-state index contributed by atoms with van der Waals surface area (Å²) in [6, 6.07) is 6.03. The van der Waals surface area contributed by atoms with Gasteiger partial charge in [0.2, 0.25) is 0 Å². The summed E-state index contributed by atoms with van der Waals surface area (Å²) in [5, 5.41) is 0.758. The monoisotopic (exact) mass is 260 g/mol. The Morgan fingerprint density at radius 3 is 2.78 bits per heavy atom. The first-order valence-electron chi connectivity index (χ1n) is 5.72. The molecule has 93 valence electrons.